The van der Waals surface area contributed by atoms with Crippen LogP contribution in [0.4, 0.5) is 0 Å². The van der Waals surface area contributed by atoms with E-state index >= 15 is 0 Å². The first kappa shape index (κ1) is 11.2. The van der Waals surface area contributed by atoms with E-state index in [1.807, 2.05) is 17.7 Å². The fourth-order valence-corrected chi connectivity index (χ4v) is 1.57. The van der Waals surface area contributed by atoms with Crippen LogP contribution in [-0.4, -0.2) is 15.6 Å². The van der Waals surface area contributed by atoms with Gasteiger partial charge in [-0.1, -0.05) is 6.92 Å². The molecule has 0 aromatic carbocycles. The van der Waals surface area contributed by atoms with Crippen LogP contribution in [0.15, 0.2) is 12.4 Å². The molecule has 0 atom stereocenters. The number of aromatic nitrogens is 2. The third kappa shape index (κ3) is 2.81. The van der Waals surface area contributed by atoms with Crippen LogP contribution in [0.1, 0.15) is 19.2 Å². The summed E-state index contributed by atoms with van der Waals surface area (Å²) in [6.45, 7) is 2.56. The largest absolute Gasteiger partial charge is 0.478 e. The van der Waals surface area contributed by atoms with Gasteiger partial charge in [0.2, 0.25) is 0 Å². The molecular formula is C10H14N3O2+. The summed E-state index contributed by atoms with van der Waals surface area (Å²) < 4.78 is 3.62. The lowest BCUT2D eigenvalue weighted by atomic mass is 10.4. The van der Waals surface area contributed by atoms with Crippen LogP contribution >= 0.6 is 0 Å². The lowest BCUT2D eigenvalue weighted by Crippen LogP contribution is -2.40. The van der Waals surface area contributed by atoms with Gasteiger partial charge < -0.3 is 5.11 Å². The lowest BCUT2D eigenvalue weighted by molar-refractivity contribution is -0.692. The zero-order chi connectivity index (χ0) is 11.3. The minimum Gasteiger partial charge on any atom is -0.478 e. The van der Waals surface area contributed by atoms with E-state index < -0.39 is 5.97 Å². The van der Waals surface area contributed by atoms with Gasteiger partial charge in [0.15, 0.2) is 6.54 Å². The van der Waals surface area contributed by atoms with E-state index in [2.05, 4.69) is 6.07 Å². The maximum atomic E-state index is 10.6. The minimum absolute atomic E-state index is 0.0251. The van der Waals surface area contributed by atoms with Gasteiger partial charge in [0, 0.05) is 6.42 Å². The smallest absolute Gasteiger partial charge is 0.346 e. The number of rotatable bonds is 5. The molecule has 1 aromatic rings. The van der Waals surface area contributed by atoms with Crippen LogP contribution < -0.4 is 4.57 Å². The van der Waals surface area contributed by atoms with Gasteiger partial charge in [-0.15, -0.1) is 0 Å². The van der Waals surface area contributed by atoms with Crippen molar-refractivity contribution < 1.29 is 14.5 Å². The van der Waals surface area contributed by atoms with Crippen molar-refractivity contribution >= 4 is 5.97 Å². The Labute approximate surface area is 88.2 Å². The highest BCUT2D eigenvalue weighted by atomic mass is 16.4. The number of carboxylic acid groups (broad SMARTS) is 1. The van der Waals surface area contributed by atoms with Gasteiger partial charge in [-0.2, -0.15) is 5.26 Å². The second-order valence-corrected chi connectivity index (χ2v) is 3.19. The molecule has 0 aliphatic heterocycles. The molecule has 0 fully saturated rings. The fraction of sp³-hybridized carbons (Fsp3) is 0.500. The van der Waals surface area contributed by atoms with Crippen molar-refractivity contribution in [3.8, 4) is 6.07 Å². The average molecular weight is 208 g/mol. The molecule has 0 aliphatic carbocycles. The van der Waals surface area contributed by atoms with Gasteiger partial charge >= 0.3 is 5.97 Å². The molecular weight excluding hydrogens is 194 g/mol. The van der Waals surface area contributed by atoms with Crippen molar-refractivity contribution in [2.45, 2.75) is 32.9 Å². The maximum Gasteiger partial charge on any atom is 0.346 e. The normalized spacial score (nSPS) is 9.87. The molecule has 5 nitrogen and oxygen atoms in total. The summed E-state index contributed by atoms with van der Waals surface area (Å²) in [4.78, 5) is 10.6. The Kier molecular flexibility index (Phi) is 3.86. The number of hydrogen-bond donors (Lipinski definition) is 1. The van der Waals surface area contributed by atoms with Gasteiger partial charge in [-0.3, -0.25) is 0 Å². The first-order valence-corrected chi connectivity index (χ1v) is 4.85. The van der Waals surface area contributed by atoms with Crippen LogP contribution in [0.5, 0.6) is 0 Å². The van der Waals surface area contributed by atoms with Gasteiger partial charge in [-0.05, 0) is 0 Å². The zero-order valence-electron chi connectivity index (χ0n) is 8.68. The minimum atomic E-state index is -0.854. The molecule has 0 bridgehead atoms. The summed E-state index contributed by atoms with van der Waals surface area (Å²) in [5, 5.41) is 17.2. The van der Waals surface area contributed by atoms with Crippen LogP contribution in [0.2, 0.25) is 0 Å². The van der Waals surface area contributed by atoms with Crippen LogP contribution in [0, 0.1) is 11.3 Å². The second-order valence-electron chi connectivity index (χ2n) is 3.19. The Morgan fingerprint density at radius 3 is 3.00 bits per heavy atom. The number of nitriles is 1. The predicted molar refractivity (Wildman–Crippen MR) is 51.9 cm³/mol. The maximum absolute atomic E-state index is 10.6. The van der Waals surface area contributed by atoms with E-state index in [1.54, 1.807) is 10.8 Å². The number of aliphatic carboxylic acids is 1. The molecule has 0 amide bonds. The molecule has 0 radical (unpaired) electrons. The first-order chi connectivity index (χ1) is 7.19. The number of imidazole rings is 1. The van der Waals surface area contributed by atoms with E-state index in [4.69, 9.17) is 10.4 Å². The summed E-state index contributed by atoms with van der Waals surface area (Å²) in [6.07, 6.45) is 4.75. The topological polar surface area (TPSA) is 69.9 Å². The number of aryl methyl sites for hydroxylation is 1. The highest BCUT2D eigenvalue weighted by molar-refractivity contribution is 5.64. The predicted octanol–water partition coefficient (Wildman–Crippen LogP) is 0.336. The molecule has 0 aliphatic rings. The molecule has 0 saturated carbocycles. The molecule has 0 spiro atoms. The molecule has 0 unspecified atom stereocenters. The van der Waals surface area contributed by atoms with Crippen LogP contribution in [0.3, 0.4) is 0 Å². The van der Waals surface area contributed by atoms with Crippen molar-refractivity contribution in [2.24, 2.45) is 0 Å². The molecule has 5 heteroatoms. The van der Waals surface area contributed by atoms with Crippen molar-refractivity contribution in [3.63, 3.8) is 0 Å². The van der Waals surface area contributed by atoms with E-state index in [0.29, 0.717) is 13.0 Å². The van der Waals surface area contributed by atoms with E-state index in [9.17, 15) is 4.79 Å². The zero-order valence-corrected chi connectivity index (χ0v) is 8.68. The molecule has 1 heterocycles. The summed E-state index contributed by atoms with van der Waals surface area (Å²) in [6, 6.07) is 2.07. The molecule has 1 aromatic heterocycles. The highest BCUT2D eigenvalue weighted by Crippen LogP contribution is 1.98. The van der Waals surface area contributed by atoms with E-state index in [1.165, 1.54) is 0 Å². The molecule has 1 N–H and O–H groups in total. The number of carbonyl (C=O) groups is 1. The first-order valence-electron chi connectivity index (χ1n) is 4.85. The third-order valence-electron chi connectivity index (χ3n) is 2.18. The van der Waals surface area contributed by atoms with Gasteiger partial charge in [0.1, 0.15) is 18.9 Å². The summed E-state index contributed by atoms with van der Waals surface area (Å²) in [5.41, 5.74) is 0. The number of carboxylic acids is 1. The summed E-state index contributed by atoms with van der Waals surface area (Å²) in [7, 11) is 0. The quantitative estimate of drug-likeness (QED) is 0.709. The van der Waals surface area contributed by atoms with Gasteiger partial charge in [-0.25, -0.2) is 13.9 Å². The molecule has 15 heavy (non-hydrogen) atoms. The third-order valence-corrected chi connectivity index (χ3v) is 2.18. The molecule has 0 saturated heterocycles. The van der Waals surface area contributed by atoms with Crippen LogP contribution in [-0.2, 0) is 24.3 Å². The van der Waals surface area contributed by atoms with E-state index in [-0.39, 0.29) is 6.54 Å². The highest BCUT2D eigenvalue weighted by Gasteiger charge is 2.16. The average Bonchev–Trinajstić information content (AvgIpc) is 2.56. The summed E-state index contributed by atoms with van der Waals surface area (Å²) >= 11 is 0. The summed E-state index contributed by atoms with van der Waals surface area (Å²) in [5.74, 6) is 0.0837. The SMILES string of the molecule is CCc1n(CCC#N)cc[n+]1CC(=O)O. The van der Waals surface area contributed by atoms with Crippen molar-refractivity contribution in [1.29, 1.82) is 5.26 Å². The molecule has 1 rings (SSSR count). The van der Waals surface area contributed by atoms with Crippen LogP contribution in [0.25, 0.3) is 0 Å². The van der Waals surface area contributed by atoms with Gasteiger partial charge in [0.05, 0.1) is 12.5 Å². The number of hydrogen-bond acceptors (Lipinski definition) is 2. The second kappa shape index (κ2) is 5.15. The van der Waals surface area contributed by atoms with Crippen molar-refractivity contribution in [1.82, 2.24) is 4.57 Å². The fourth-order valence-electron chi connectivity index (χ4n) is 1.57. The Hall–Kier alpha value is -1.83. The van der Waals surface area contributed by atoms with Gasteiger partial charge in [0.25, 0.3) is 5.82 Å². The van der Waals surface area contributed by atoms with E-state index in [0.717, 1.165) is 12.2 Å². The standard InChI is InChI=1S/C10H13N3O2/c1-2-9-12(5-3-4-11)6-7-13(9)8-10(14)15/h6-7H,2-3,5,8H2,1H3/p+1. The van der Waals surface area contributed by atoms with Crippen molar-refractivity contribution in [3.05, 3.63) is 18.2 Å². The Balaban J connectivity index is 2.85. The monoisotopic (exact) mass is 208 g/mol. The number of nitrogens with zero attached hydrogens (tertiary/aromatic N) is 3. The lowest BCUT2D eigenvalue weighted by Gasteiger charge is -1.99. The Bertz CT molecular complexity index is 390. The molecule has 80 valence electrons. The Morgan fingerprint density at radius 1 is 1.73 bits per heavy atom. The van der Waals surface area contributed by atoms with Crippen molar-refractivity contribution in [2.75, 3.05) is 0 Å². The Morgan fingerprint density at radius 2 is 2.47 bits per heavy atom.